The number of unbranched alkanes of at least 4 members (excludes halogenated alkanes) is 2. The summed E-state index contributed by atoms with van der Waals surface area (Å²) in [4.78, 5) is 93.5. The number of benzene rings is 1. The molecule has 6 N–H and O–H groups in total. The molecule has 4 aromatic rings. The highest BCUT2D eigenvalue weighted by atomic mass is 32.1. The number of cyclic esters (lactones) is 1. The Hall–Kier alpha value is -6.66. The topological polar surface area (TPSA) is 239 Å². The molecule has 2 aliphatic heterocycles. The molecule has 0 radical (unpaired) electrons. The zero-order valence-electron chi connectivity index (χ0n) is 41.7. The van der Waals surface area contributed by atoms with Crippen LogP contribution in [-0.2, 0) is 52.2 Å². The highest BCUT2D eigenvalue weighted by Gasteiger charge is 2.45. The normalized spacial score (nSPS) is 15.6. The number of aromatic amines is 1. The lowest BCUT2D eigenvalue weighted by Crippen LogP contribution is -2.56. The van der Waals surface area contributed by atoms with E-state index in [-0.39, 0.29) is 62.3 Å². The van der Waals surface area contributed by atoms with E-state index < -0.39 is 59.3 Å². The van der Waals surface area contributed by atoms with Crippen LogP contribution in [0.4, 0.5) is 4.39 Å². The predicted octanol–water partition coefficient (Wildman–Crippen LogP) is 4.56. The smallest absolute Gasteiger partial charge is 0.343 e. The van der Waals surface area contributed by atoms with Gasteiger partial charge in [-0.05, 0) is 100 Å². The first-order valence-electron chi connectivity index (χ1n) is 24.4. The summed E-state index contributed by atoms with van der Waals surface area (Å²) in [6.07, 6.45) is 9.47. The quantitative estimate of drug-likeness (QED) is 0.0173. The Labute approximate surface area is 422 Å². The van der Waals surface area contributed by atoms with Gasteiger partial charge >= 0.3 is 5.97 Å². The molecule has 4 amide bonds. The van der Waals surface area contributed by atoms with Crippen molar-refractivity contribution in [2.75, 3.05) is 39.5 Å². The molecule has 1 aromatic carbocycles. The lowest BCUT2D eigenvalue weighted by molar-refractivity contribution is -0.172. The molecule has 0 saturated heterocycles. The van der Waals surface area contributed by atoms with Gasteiger partial charge in [0.25, 0.3) is 5.56 Å². The van der Waals surface area contributed by atoms with E-state index >= 15 is 0 Å². The summed E-state index contributed by atoms with van der Waals surface area (Å²) in [7, 11) is 0. The molecule has 5 heterocycles. The molecule has 0 bridgehead atoms. The number of nitrogens with one attached hydrogen (secondary N) is 5. The Morgan fingerprint density at radius 1 is 1.06 bits per heavy atom. The minimum absolute atomic E-state index is 0.0152. The van der Waals surface area contributed by atoms with Gasteiger partial charge in [0.15, 0.2) is 10.4 Å². The SMILES string of the molecule is CCN(CC)CCCC[C@H](NC(=O)[C@@H](NC(=O)CCCC#Cc1cnc(=S)[nH]c1)C(C)C)C(=O)NCC(=O)NCOC/C=C/c1c2c(nc3cc(F)c(C)cc13)-c1cc3c(c(=O)n1C2)COC(=O)[C@]3(O)CC. The summed E-state index contributed by atoms with van der Waals surface area (Å²) >= 11 is 4.95. The van der Waals surface area contributed by atoms with Crippen molar-refractivity contribution in [3.8, 4) is 23.2 Å². The fraction of sp³-hybridized carbons (Fsp3) is 0.481. The van der Waals surface area contributed by atoms with Crippen LogP contribution in [0.5, 0.6) is 0 Å². The Balaban J connectivity index is 1.04. The Morgan fingerprint density at radius 3 is 2.54 bits per heavy atom. The van der Waals surface area contributed by atoms with Crippen molar-refractivity contribution in [3.05, 3.63) is 91.0 Å². The number of rotatable bonds is 23. The lowest BCUT2D eigenvalue weighted by Gasteiger charge is -2.31. The number of hydrogen-bond acceptors (Lipinski definition) is 13. The van der Waals surface area contributed by atoms with Crippen LogP contribution in [0.25, 0.3) is 28.4 Å². The number of ether oxygens (including phenoxy) is 2. The molecule has 6 rings (SSSR count). The molecule has 0 aliphatic carbocycles. The molecular weight excluding hydrogens is 946 g/mol. The third-order valence-corrected chi connectivity index (χ3v) is 13.1. The third kappa shape index (κ3) is 13.2. The number of aromatic nitrogens is 4. The molecule has 0 spiro atoms. The van der Waals surface area contributed by atoms with Crippen molar-refractivity contribution in [2.45, 2.75) is 117 Å². The second-order valence-electron chi connectivity index (χ2n) is 18.1. The van der Waals surface area contributed by atoms with E-state index in [0.29, 0.717) is 75.0 Å². The number of halogens is 1. The first kappa shape index (κ1) is 54.7. The number of aryl methyl sites for hydroxylation is 1. The summed E-state index contributed by atoms with van der Waals surface area (Å²) in [6, 6.07) is 2.71. The van der Waals surface area contributed by atoms with Gasteiger partial charge in [-0.2, -0.15) is 0 Å². The van der Waals surface area contributed by atoms with E-state index in [1.165, 1.54) is 10.6 Å². The van der Waals surface area contributed by atoms with Crippen LogP contribution in [0.2, 0.25) is 0 Å². The average molecular weight is 1010 g/mol. The van der Waals surface area contributed by atoms with Crippen molar-refractivity contribution in [1.29, 1.82) is 0 Å². The maximum atomic E-state index is 14.9. The highest BCUT2D eigenvalue weighted by molar-refractivity contribution is 7.71. The van der Waals surface area contributed by atoms with E-state index in [4.69, 9.17) is 26.7 Å². The van der Waals surface area contributed by atoms with Crippen molar-refractivity contribution in [1.82, 2.24) is 45.7 Å². The van der Waals surface area contributed by atoms with E-state index in [1.54, 1.807) is 64.4 Å². The summed E-state index contributed by atoms with van der Waals surface area (Å²) in [6.45, 7) is 12.9. The highest BCUT2D eigenvalue weighted by Crippen LogP contribution is 2.41. The van der Waals surface area contributed by atoms with Crippen LogP contribution in [0, 0.1) is 35.3 Å². The molecular formula is C52H64FN9O9S. The molecule has 72 heavy (non-hydrogen) atoms. The average Bonchev–Trinajstić information content (AvgIpc) is 3.73. The first-order chi connectivity index (χ1) is 34.5. The number of amides is 4. The van der Waals surface area contributed by atoms with E-state index in [1.807, 2.05) is 0 Å². The van der Waals surface area contributed by atoms with Crippen molar-refractivity contribution >= 4 is 58.8 Å². The zero-order valence-corrected chi connectivity index (χ0v) is 42.5. The minimum atomic E-state index is -2.01. The number of carbonyl (C=O) groups is 5. The standard InChI is InChI=1S/C52H64FN9O9S/c1-7-52(69)38-23-42-46-36(28-62(42)49(67)37(38)29-71-50(52)68)34(35-22-32(6)39(53)24-41(35)58-46)17-15-21-70-30-57-44(64)27-54-47(65)40(18-13-14-20-61(8-2)9-3)59-48(66)45(31(4)5)60-43(63)19-12-10-11-16-33-25-55-51(72)56-26-33/h15,17,22-26,31,40,45,69H,7-10,12-14,18-21,27-30H2,1-6H3,(H,54,65)(H,57,64)(H,59,66)(H,60,63)(H,55,56,72)/b17-15+/t40-,45-,52-/m0/s1. The Bertz CT molecular complexity index is 2880. The number of fused-ring (bicyclic) bond motifs is 5. The van der Waals surface area contributed by atoms with Gasteiger partial charge < -0.3 is 50.3 Å². The van der Waals surface area contributed by atoms with Gasteiger partial charge in [0, 0.05) is 47.8 Å². The number of H-pyrrole nitrogens is 1. The zero-order chi connectivity index (χ0) is 52.1. The maximum absolute atomic E-state index is 14.9. The maximum Gasteiger partial charge on any atom is 0.343 e. The van der Waals surface area contributed by atoms with E-state index in [9.17, 15) is 38.3 Å². The monoisotopic (exact) mass is 1010 g/mol. The molecule has 3 aromatic heterocycles. The molecule has 384 valence electrons. The van der Waals surface area contributed by atoms with Crippen LogP contribution in [0.15, 0.2) is 41.5 Å². The summed E-state index contributed by atoms with van der Waals surface area (Å²) in [5.41, 5.74) is 1.43. The fourth-order valence-electron chi connectivity index (χ4n) is 8.66. The second kappa shape index (κ2) is 25.1. The molecule has 0 saturated carbocycles. The predicted molar refractivity (Wildman–Crippen MR) is 271 cm³/mol. The minimum Gasteiger partial charge on any atom is -0.458 e. The number of pyridine rings is 2. The molecule has 18 nitrogen and oxygen atoms in total. The summed E-state index contributed by atoms with van der Waals surface area (Å²) in [5.74, 6) is 2.45. The Kier molecular flexibility index (Phi) is 19.1. The molecule has 20 heteroatoms. The van der Waals surface area contributed by atoms with Crippen molar-refractivity contribution < 1.29 is 42.9 Å². The number of nitrogens with zero attached hydrogens (tertiary/aromatic N) is 4. The summed E-state index contributed by atoms with van der Waals surface area (Å²) < 4.78 is 27.7. The van der Waals surface area contributed by atoms with Gasteiger partial charge in [-0.3, -0.25) is 24.0 Å². The molecule has 0 unspecified atom stereocenters. The first-order valence-corrected chi connectivity index (χ1v) is 24.8. The van der Waals surface area contributed by atoms with Crippen LogP contribution in [0.1, 0.15) is 113 Å². The van der Waals surface area contributed by atoms with Crippen molar-refractivity contribution in [2.24, 2.45) is 5.92 Å². The number of carbonyl (C=O) groups excluding carboxylic acids is 5. The van der Waals surface area contributed by atoms with Gasteiger partial charge in [0.2, 0.25) is 23.6 Å². The van der Waals surface area contributed by atoms with Crippen LogP contribution >= 0.6 is 12.2 Å². The molecule has 2 aliphatic rings. The van der Waals surface area contributed by atoms with E-state index in [0.717, 1.165) is 26.1 Å². The van der Waals surface area contributed by atoms with Crippen LogP contribution in [0.3, 0.4) is 0 Å². The number of aliphatic hydroxyl groups is 1. The Morgan fingerprint density at radius 2 is 1.83 bits per heavy atom. The van der Waals surface area contributed by atoms with Gasteiger partial charge in [-0.1, -0.05) is 58.6 Å². The van der Waals surface area contributed by atoms with Gasteiger partial charge in [0.05, 0.1) is 47.7 Å². The summed E-state index contributed by atoms with van der Waals surface area (Å²) in [5, 5.41) is 22.8. The van der Waals surface area contributed by atoms with Crippen molar-refractivity contribution in [3.63, 3.8) is 0 Å². The van der Waals surface area contributed by atoms with Gasteiger partial charge in [-0.15, -0.1) is 0 Å². The number of hydrogen-bond donors (Lipinski definition) is 6. The third-order valence-electron chi connectivity index (χ3n) is 12.9. The largest absolute Gasteiger partial charge is 0.458 e. The number of esters is 1. The van der Waals surface area contributed by atoms with E-state index in [2.05, 4.69) is 61.8 Å². The fourth-order valence-corrected chi connectivity index (χ4v) is 8.77. The lowest BCUT2D eigenvalue weighted by atomic mass is 9.86. The molecule has 3 atom stereocenters. The van der Waals surface area contributed by atoms with Crippen LogP contribution in [-0.4, -0.2) is 111 Å². The molecule has 0 fully saturated rings. The van der Waals surface area contributed by atoms with Gasteiger partial charge in [0.1, 0.15) is 31.2 Å². The van der Waals surface area contributed by atoms with Gasteiger partial charge in [-0.25, -0.2) is 19.2 Å². The second-order valence-corrected chi connectivity index (χ2v) is 18.5. The van der Waals surface area contributed by atoms with Crippen LogP contribution < -0.4 is 26.8 Å².